The summed E-state index contributed by atoms with van der Waals surface area (Å²) in [7, 11) is 0. The molecule has 0 aliphatic heterocycles. The molecule has 1 heterocycles. The summed E-state index contributed by atoms with van der Waals surface area (Å²) in [4.78, 5) is 3.31. The first-order chi connectivity index (χ1) is 5.55. The zero-order valence-electron chi connectivity index (χ0n) is 5.65. The van der Waals surface area contributed by atoms with Crippen LogP contribution in [-0.4, -0.2) is 21.0 Å². The van der Waals surface area contributed by atoms with Gasteiger partial charge in [0.2, 0.25) is 0 Å². The van der Waals surface area contributed by atoms with Crippen molar-refractivity contribution in [1.82, 2.24) is 9.55 Å². The van der Waals surface area contributed by atoms with Gasteiger partial charge < -0.3 is 5.21 Å². The van der Waals surface area contributed by atoms with Crippen LogP contribution in [-0.2, 0) is 6.30 Å². The maximum atomic E-state index is 12.0. The maximum Gasteiger partial charge on any atom is 0.490 e. The van der Waals surface area contributed by atoms with E-state index in [4.69, 9.17) is 5.21 Å². The highest BCUT2D eigenvalue weighted by Crippen LogP contribution is 2.22. The minimum Gasteiger partial charge on any atom is -0.411 e. The summed E-state index contributed by atoms with van der Waals surface area (Å²) in [6.45, 7) is 0. The number of aromatic nitrogens is 2. The van der Waals surface area contributed by atoms with Gasteiger partial charge in [0.25, 0.3) is 0 Å². The molecule has 7 heteroatoms. The van der Waals surface area contributed by atoms with Gasteiger partial charge in [-0.25, -0.2) is 9.55 Å². The molecule has 0 saturated heterocycles. The lowest BCUT2D eigenvalue weighted by Gasteiger charge is -2.07. The zero-order chi connectivity index (χ0) is 9.19. The molecule has 1 rings (SSSR count). The second-order valence-corrected chi connectivity index (χ2v) is 1.87. The molecule has 0 aliphatic rings. The number of rotatable bonds is 1. The fourth-order valence-corrected chi connectivity index (χ4v) is 0.677. The monoisotopic (exact) mass is 179 g/mol. The predicted octanol–water partition coefficient (Wildman–Crippen LogP) is 1.17. The van der Waals surface area contributed by atoms with Crippen molar-refractivity contribution in [3.05, 3.63) is 18.2 Å². The average Bonchev–Trinajstić information content (AvgIpc) is 2.34. The Kier molecular flexibility index (Phi) is 2.03. The first kappa shape index (κ1) is 8.57. The van der Waals surface area contributed by atoms with E-state index in [1.54, 1.807) is 0 Å². The fourth-order valence-electron chi connectivity index (χ4n) is 0.677. The molecule has 0 fully saturated rings. The average molecular weight is 179 g/mol. The van der Waals surface area contributed by atoms with E-state index in [0.29, 0.717) is 6.21 Å². The van der Waals surface area contributed by atoms with Crippen LogP contribution in [0, 0.1) is 0 Å². The van der Waals surface area contributed by atoms with Crippen LogP contribution >= 0.6 is 0 Å². The Morgan fingerprint density at radius 2 is 2.25 bits per heavy atom. The lowest BCUT2D eigenvalue weighted by Crippen LogP contribution is -2.18. The summed E-state index contributed by atoms with van der Waals surface area (Å²) in [6.07, 6.45) is -2.23. The molecule has 0 saturated carbocycles. The summed E-state index contributed by atoms with van der Waals surface area (Å²) >= 11 is 0. The van der Waals surface area contributed by atoms with Crippen LogP contribution in [0.1, 0.15) is 5.82 Å². The number of nitrogens with zero attached hydrogens (tertiary/aromatic N) is 3. The minimum absolute atomic E-state index is 0.0628. The van der Waals surface area contributed by atoms with Gasteiger partial charge in [0, 0.05) is 12.4 Å². The van der Waals surface area contributed by atoms with Gasteiger partial charge in [0.1, 0.15) is 6.21 Å². The van der Waals surface area contributed by atoms with Gasteiger partial charge in [-0.05, 0) is 0 Å². The normalized spacial score (nSPS) is 12.6. The number of halogens is 3. The van der Waals surface area contributed by atoms with Gasteiger partial charge in [0.05, 0.1) is 0 Å². The van der Waals surface area contributed by atoms with E-state index < -0.39 is 12.1 Å². The lowest BCUT2D eigenvalue weighted by molar-refractivity contribution is -0.204. The van der Waals surface area contributed by atoms with Crippen molar-refractivity contribution in [3.63, 3.8) is 0 Å². The molecule has 4 nitrogen and oxygen atoms in total. The Morgan fingerprint density at radius 1 is 1.58 bits per heavy atom. The van der Waals surface area contributed by atoms with Crippen molar-refractivity contribution < 1.29 is 18.4 Å². The molecule has 0 aromatic carbocycles. The molecular weight excluding hydrogens is 175 g/mol. The molecule has 0 spiro atoms. The van der Waals surface area contributed by atoms with E-state index in [9.17, 15) is 13.2 Å². The standard InChI is InChI=1S/C5H4F3N3O/c6-5(7,8)11-2-1-9-4(11)3-10-12/h1-3,12H/b10-3+. The van der Waals surface area contributed by atoms with Crippen molar-refractivity contribution in [2.24, 2.45) is 5.16 Å². The van der Waals surface area contributed by atoms with Crippen molar-refractivity contribution >= 4 is 6.21 Å². The summed E-state index contributed by atoms with van der Waals surface area (Å²) in [5.74, 6) is -0.468. The molecule has 0 unspecified atom stereocenters. The zero-order valence-corrected chi connectivity index (χ0v) is 5.65. The van der Waals surface area contributed by atoms with Gasteiger partial charge in [-0.15, -0.1) is 13.2 Å². The summed E-state index contributed by atoms with van der Waals surface area (Å²) in [6, 6.07) is 0. The van der Waals surface area contributed by atoms with Gasteiger partial charge in [-0.3, -0.25) is 0 Å². The maximum absolute atomic E-state index is 12.0. The minimum atomic E-state index is -4.53. The Bertz CT molecular complexity index is 290. The molecule has 0 bridgehead atoms. The Morgan fingerprint density at radius 3 is 2.75 bits per heavy atom. The molecule has 0 amide bonds. The number of oxime groups is 1. The highest BCUT2D eigenvalue weighted by Gasteiger charge is 2.32. The van der Waals surface area contributed by atoms with E-state index in [0.717, 1.165) is 12.4 Å². The predicted molar refractivity (Wildman–Crippen MR) is 32.9 cm³/mol. The third kappa shape index (κ3) is 1.55. The molecule has 1 aromatic rings. The van der Waals surface area contributed by atoms with E-state index >= 15 is 0 Å². The smallest absolute Gasteiger partial charge is 0.411 e. The molecule has 66 valence electrons. The quantitative estimate of drug-likeness (QED) is 0.399. The van der Waals surface area contributed by atoms with Crippen LogP contribution in [0.15, 0.2) is 17.5 Å². The molecule has 1 N–H and O–H groups in total. The van der Waals surface area contributed by atoms with Crippen LogP contribution in [0.2, 0.25) is 0 Å². The molecule has 0 atom stereocenters. The largest absolute Gasteiger partial charge is 0.490 e. The Balaban J connectivity index is 3.07. The van der Waals surface area contributed by atoms with Crippen LogP contribution in [0.5, 0.6) is 0 Å². The molecule has 0 aliphatic carbocycles. The van der Waals surface area contributed by atoms with Crippen LogP contribution in [0.4, 0.5) is 13.2 Å². The van der Waals surface area contributed by atoms with Crippen LogP contribution in [0.3, 0.4) is 0 Å². The molecular formula is C5H4F3N3O. The number of alkyl halides is 3. The molecule has 12 heavy (non-hydrogen) atoms. The third-order valence-corrected chi connectivity index (χ3v) is 1.12. The van der Waals surface area contributed by atoms with E-state index in [2.05, 4.69) is 10.1 Å². The lowest BCUT2D eigenvalue weighted by atomic mass is 10.6. The Hall–Kier alpha value is -1.53. The summed E-state index contributed by atoms with van der Waals surface area (Å²) < 4.78 is 35.9. The van der Waals surface area contributed by atoms with Crippen LogP contribution < -0.4 is 0 Å². The van der Waals surface area contributed by atoms with Crippen molar-refractivity contribution in [1.29, 1.82) is 0 Å². The second-order valence-electron chi connectivity index (χ2n) is 1.87. The third-order valence-electron chi connectivity index (χ3n) is 1.12. The van der Waals surface area contributed by atoms with Crippen LogP contribution in [0.25, 0.3) is 0 Å². The van der Waals surface area contributed by atoms with E-state index in [1.165, 1.54) is 0 Å². The Labute approximate surface area is 64.9 Å². The molecule has 0 radical (unpaired) electrons. The van der Waals surface area contributed by atoms with Gasteiger partial charge in [-0.1, -0.05) is 5.16 Å². The molecule has 1 aromatic heterocycles. The van der Waals surface area contributed by atoms with Crippen molar-refractivity contribution in [2.75, 3.05) is 0 Å². The highest BCUT2D eigenvalue weighted by atomic mass is 19.4. The van der Waals surface area contributed by atoms with Crippen molar-refractivity contribution in [3.8, 4) is 0 Å². The summed E-state index contributed by atoms with van der Waals surface area (Å²) in [5.41, 5.74) is 0. The number of imidazole rings is 1. The van der Waals surface area contributed by atoms with Crippen molar-refractivity contribution in [2.45, 2.75) is 6.30 Å². The topological polar surface area (TPSA) is 50.4 Å². The number of hydrogen-bond acceptors (Lipinski definition) is 3. The van der Waals surface area contributed by atoms with Gasteiger partial charge in [0.15, 0.2) is 5.82 Å². The van der Waals surface area contributed by atoms with E-state index in [-0.39, 0.29) is 4.57 Å². The second kappa shape index (κ2) is 2.84. The first-order valence-electron chi connectivity index (χ1n) is 2.83. The first-order valence-corrected chi connectivity index (χ1v) is 2.83. The summed E-state index contributed by atoms with van der Waals surface area (Å²) in [5, 5.41) is 10.4. The highest BCUT2D eigenvalue weighted by molar-refractivity contribution is 5.74. The fraction of sp³-hybridized carbons (Fsp3) is 0.200. The van der Waals surface area contributed by atoms with E-state index in [1.807, 2.05) is 0 Å². The SMILES string of the molecule is O/N=C/c1nccn1C(F)(F)F. The van der Waals surface area contributed by atoms with Gasteiger partial charge in [-0.2, -0.15) is 0 Å². The van der Waals surface area contributed by atoms with Gasteiger partial charge >= 0.3 is 6.30 Å². The number of hydrogen-bond donors (Lipinski definition) is 1.